The first-order chi connectivity index (χ1) is 7.33. The van der Waals surface area contributed by atoms with Gasteiger partial charge in [-0.05, 0) is 18.2 Å². The number of amides is 1. The van der Waals surface area contributed by atoms with E-state index >= 15 is 0 Å². The van der Waals surface area contributed by atoms with Gasteiger partial charge in [0.25, 0.3) is 0 Å². The van der Waals surface area contributed by atoms with Gasteiger partial charge in [0.1, 0.15) is 11.6 Å². The second kappa shape index (κ2) is 4.61. The molecule has 0 heterocycles. The van der Waals surface area contributed by atoms with Gasteiger partial charge in [0.2, 0.25) is 5.91 Å². The lowest BCUT2D eigenvalue weighted by Gasteiger charge is -2.10. The predicted molar refractivity (Wildman–Crippen MR) is 57.1 cm³/mol. The van der Waals surface area contributed by atoms with Crippen LogP contribution in [0.4, 0.5) is 4.39 Å². The second-order valence-electron chi connectivity index (χ2n) is 3.50. The fraction of sp³-hybridized carbons (Fsp3) is 0.300. The minimum Gasteiger partial charge on any atom is -0.348 e. The third-order valence-electron chi connectivity index (χ3n) is 1.97. The van der Waals surface area contributed by atoms with Crippen LogP contribution < -0.4 is 0 Å². The number of hydrogen-bond donors (Lipinski definition) is 0. The molecule has 0 N–H and O–H groups in total. The maximum atomic E-state index is 12.8. The number of benzene rings is 1. The summed E-state index contributed by atoms with van der Waals surface area (Å²) in [6, 6.07) is 4.61. The highest BCUT2D eigenvalue weighted by molar-refractivity contribution is 7.92. The molecular formula is C10H12FNO3S. The predicted octanol–water partition coefficient (Wildman–Crippen LogP) is 0.688. The topological polar surface area (TPSA) is 54.5 Å². The van der Waals surface area contributed by atoms with E-state index in [4.69, 9.17) is 0 Å². The summed E-state index contributed by atoms with van der Waals surface area (Å²) in [4.78, 5) is 12.3. The molecule has 0 unspecified atom stereocenters. The van der Waals surface area contributed by atoms with Gasteiger partial charge < -0.3 is 4.90 Å². The Morgan fingerprint density at radius 2 is 2.00 bits per heavy atom. The Morgan fingerprint density at radius 3 is 2.50 bits per heavy atom. The van der Waals surface area contributed by atoms with Crippen LogP contribution in [0, 0.1) is 5.82 Å². The van der Waals surface area contributed by atoms with Crippen LogP contribution in [-0.4, -0.2) is 39.1 Å². The first kappa shape index (κ1) is 12.6. The minimum absolute atomic E-state index is 0.178. The lowest BCUT2D eigenvalue weighted by atomic mass is 10.4. The Bertz CT molecular complexity index is 497. The highest BCUT2D eigenvalue weighted by Gasteiger charge is 2.20. The summed E-state index contributed by atoms with van der Waals surface area (Å²) in [6.07, 6.45) is 0. The van der Waals surface area contributed by atoms with E-state index in [0.717, 1.165) is 12.1 Å². The molecule has 4 nitrogen and oxygen atoms in total. The van der Waals surface area contributed by atoms with Crippen molar-refractivity contribution >= 4 is 15.7 Å². The van der Waals surface area contributed by atoms with Crippen molar-refractivity contribution in [3.63, 3.8) is 0 Å². The molecule has 6 heteroatoms. The van der Waals surface area contributed by atoms with Crippen LogP contribution in [0.1, 0.15) is 0 Å². The van der Waals surface area contributed by atoms with Gasteiger partial charge in [-0.25, -0.2) is 12.8 Å². The quantitative estimate of drug-likeness (QED) is 0.787. The van der Waals surface area contributed by atoms with Gasteiger partial charge in [-0.15, -0.1) is 0 Å². The molecule has 0 fully saturated rings. The molecular weight excluding hydrogens is 233 g/mol. The maximum absolute atomic E-state index is 12.8. The van der Waals surface area contributed by atoms with Gasteiger partial charge in [-0.3, -0.25) is 4.79 Å². The van der Waals surface area contributed by atoms with Crippen LogP contribution in [0.5, 0.6) is 0 Å². The first-order valence-corrected chi connectivity index (χ1v) is 6.16. The van der Waals surface area contributed by atoms with E-state index in [9.17, 15) is 17.6 Å². The SMILES string of the molecule is CN(C)C(=O)CS(=O)(=O)c1cccc(F)c1. The Labute approximate surface area is 93.6 Å². The molecule has 0 aliphatic carbocycles. The highest BCUT2D eigenvalue weighted by atomic mass is 32.2. The zero-order valence-electron chi connectivity index (χ0n) is 8.97. The molecule has 1 aromatic carbocycles. The number of sulfone groups is 1. The molecule has 0 saturated carbocycles. The largest absolute Gasteiger partial charge is 0.348 e. The molecule has 0 aromatic heterocycles. The van der Waals surface area contributed by atoms with Crippen LogP contribution >= 0.6 is 0 Å². The fourth-order valence-electron chi connectivity index (χ4n) is 1.04. The summed E-state index contributed by atoms with van der Waals surface area (Å²) in [7, 11) is -0.835. The van der Waals surface area contributed by atoms with Crippen molar-refractivity contribution in [2.75, 3.05) is 19.8 Å². The molecule has 0 saturated heterocycles. The lowest BCUT2D eigenvalue weighted by Crippen LogP contribution is -2.29. The first-order valence-electron chi connectivity index (χ1n) is 4.51. The van der Waals surface area contributed by atoms with Crippen molar-refractivity contribution in [1.82, 2.24) is 4.90 Å². The van der Waals surface area contributed by atoms with Crippen LogP contribution in [0.25, 0.3) is 0 Å². The number of rotatable bonds is 3. The van der Waals surface area contributed by atoms with Gasteiger partial charge in [0, 0.05) is 14.1 Å². The monoisotopic (exact) mass is 245 g/mol. The van der Waals surface area contributed by atoms with E-state index in [1.54, 1.807) is 0 Å². The Kier molecular flexibility index (Phi) is 3.64. The van der Waals surface area contributed by atoms with E-state index in [0.29, 0.717) is 0 Å². The van der Waals surface area contributed by atoms with Gasteiger partial charge in [0.05, 0.1) is 4.90 Å². The number of halogens is 1. The molecule has 1 aromatic rings. The van der Waals surface area contributed by atoms with Crippen LogP contribution in [0.2, 0.25) is 0 Å². The van der Waals surface area contributed by atoms with Crippen molar-refractivity contribution in [2.24, 2.45) is 0 Å². The fourth-order valence-corrected chi connectivity index (χ4v) is 2.36. The standard InChI is InChI=1S/C10H12FNO3S/c1-12(2)10(13)7-16(14,15)9-5-3-4-8(11)6-9/h3-6H,7H2,1-2H3. The number of nitrogens with zero attached hydrogens (tertiary/aromatic N) is 1. The molecule has 0 bridgehead atoms. The smallest absolute Gasteiger partial charge is 0.237 e. The van der Waals surface area contributed by atoms with Crippen LogP contribution in [0.3, 0.4) is 0 Å². The molecule has 0 aliphatic heterocycles. The van der Waals surface area contributed by atoms with E-state index < -0.39 is 27.3 Å². The minimum atomic E-state index is -3.76. The molecule has 0 aliphatic rings. The summed E-state index contributed by atoms with van der Waals surface area (Å²) >= 11 is 0. The third kappa shape index (κ3) is 3.03. The van der Waals surface area contributed by atoms with Gasteiger partial charge in [-0.1, -0.05) is 6.07 Å². The molecule has 1 rings (SSSR count). The molecule has 88 valence electrons. The highest BCUT2D eigenvalue weighted by Crippen LogP contribution is 2.12. The van der Waals surface area contributed by atoms with Gasteiger partial charge in [0.15, 0.2) is 9.84 Å². The van der Waals surface area contributed by atoms with Gasteiger partial charge >= 0.3 is 0 Å². The van der Waals surface area contributed by atoms with Crippen LogP contribution in [0.15, 0.2) is 29.2 Å². The van der Waals surface area contributed by atoms with Crippen molar-refractivity contribution < 1.29 is 17.6 Å². The molecule has 1 amide bonds. The summed E-state index contributed by atoms with van der Waals surface area (Å²) in [5, 5.41) is 0. The molecule has 16 heavy (non-hydrogen) atoms. The number of carbonyl (C=O) groups is 1. The summed E-state index contributed by atoms with van der Waals surface area (Å²) in [5.74, 6) is -1.83. The normalized spacial score (nSPS) is 11.2. The summed E-state index contributed by atoms with van der Waals surface area (Å²) in [5.41, 5.74) is 0. The van der Waals surface area contributed by atoms with Crippen molar-refractivity contribution in [2.45, 2.75) is 4.90 Å². The zero-order valence-corrected chi connectivity index (χ0v) is 9.79. The Balaban J connectivity index is 2.99. The zero-order chi connectivity index (χ0) is 12.3. The average molecular weight is 245 g/mol. The van der Waals surface area contributed by atoms with E-state index in [2.05, 4.69) is 0 Å². The van der Waals surface area contributed by atoms with E-state index in [1.807, 2.05) is 0 Å². The second-order valence-corrected chi connectivity index (χ2v) is 5.49. The number of carbonyl (C=O) groups excluding carboxylic acids is 1. The third-order valence-corrected chi connectivity index (χ3v) is 3.57. The summed E-state index contributed by atoms with van der Waals surface area (Å²) < 4.78 is 36.2. The average Bonchev–Trinajstić information content (AvgIpc) is 2.17. The molecule has 0 radical (unpaired) electrons. The Morgan fingerprint density at radius 1 is 1.38 bits per heavy atom. The van der Waals surface area contributed by atoms with E-state index in [1.165, 1.54) is 31.1 Å². The van der Waals surface area contributed by atoms with Crippen LogP contribution in [-0.2, 0) is 14.6 Å². The maximum Gasteiger partial charge on any atom is 0.237 e. The molecule has 0 atom stereocenters. The van der Waals surface area contributed by atoms with E-state index in [-0.39, 0.29) is 4.90 Å². The summed E-state index contributed by atoms with van der Waals surface area (Å²) in [6.45, 7) is 0. The number of hydrogen-bond acceptors (Lipinski definition) is 3. The van der Waals surface area contributed by atoms with Crippen molar-refractivity contribution in [3.05, 3.63) is 30.1 Å². The Hall–Kier alpha value is -1.43. The van der Waals surface area contributed by atoms with Gasteiger partial charge in [-0.2, -0.15) is 0 Å². The van der Waals surface area contributed by atoms with Crippen molar-refractivity contribution in [3.8, 4) is 0 Å². The molecule has 0 spiro atoms. The van der Waals surface area contributed by atoms with Crippen molar-refractivity contribution in [1.29, 1.82) is 0 Å². The lowest BCUT2D eigenvalue weighted by molar-refractivity contribution is -0.125.